The zero-order valence-electron chi connectivity index (χ0n) is 9.22. The van der Waals surface area contributed by atoms with Crippen molar-refractivity contribution in [1.29, 1.82) is 0 Å². The minimum Gasteiger partial charge on any atom is -0.321 e. The highest BCUT2D eigenvalue weighted by Gasteiger charge is 2.34. The van der Waals surface area contributed by atoms with Crippen LogP contribution in [0.5, 0.6) is 0 Å². The van der Waals surface area contributed by atoms with Gasteiger partial charge < -0.3 is 5.73 Å². The third-order valence-electron chi connectivity index (χ3n) is 3.26. The predicted molar refractivity (Wildman–Crippen MR) is 62.5 cm³/mol. The van der Waals surface area contributed by atoms with Gasteiger partial charge in [-0.05, 0) is 31.2 Å². The van der Waals surface area contributed by atoms with Crippen molar-refractivity contribution >= 4 is 11.8 Å². The second kappa shape index (κ2) is 4.34. The number of hydrogen-bond acceptors (Lipinski definition) is 2. The van der Waals surface area contributed by atoms with E-state index in [9.17, 15) is 8.78 Å². The maximum absolute atomic E-state index is 14.1. The van der Waals surface area contributed by atoms with Gasteiger partial charge in [0.15, 0.2) is 0 Å². The molecule has 1 fully saturated rings. The van der Waals surface area contributed by atoms with E-state index in [4.69, 9.17) is 5.73 Å². The molecule has 0 aliphatic heterocycles. The van der Waals surface area contributed by atoms with Gasteiger partial charge in [-0.3, -0.25) is 0 Å². The molecular formula is C12H15F2NS. The molecule has 1 aromatic rings. The average molecular weight is 243 g/mol. The fourth-order valence-corrected chi connectivity index (χ4v) is 2.87. The molecule has 1 saturated carbocycles. The Labute approximate surface area is 98.4 Å². The second-order valence-corrected chi connectivity index (χ2v) is 5.18. The van der Waals surface area contributed by atoms with E-state index in [1.807, 2.05) is 0 Å². The van der Waals surface area contributed by atoms with Crippen LogP contribution in [0.4, 0.5) is 8.78 Å². The van der Waals surface area contributed by atoms with Gasteiger partial charge in [-0.2, -0.15) is 0 Å². The van der Waals surface area contributed by atoms with Crippen LogP contribution in [-0.4, -0.2) is 6.26 Å². The summed E-state index contributed by atoms with van der Waals surface area (Å²) in [5.74, 6) is -0.754. The van der Waals surface area contributed by atoms with E-state index >= 15 is 0 Å². The van der Waals surface area contributed by atoms with Gasteiger partial charge in [0, 0.05) is 16.0 Å². The van der Waals surface area contributed by atoms with Crippen molar-refractivity contribution in [1.82, 2.24) is 0 Å². The summed E-state index contributed by atoms with van der Waals surface area (Å²) in [5, 5.41) is 0. The predicted octanol–water partition coefficient (Wildman–Crippen LogP) is 3.41. The summed E-state index contributed by atoms with van der Waals surface area (Å²) < 4.78 is 27.5. The lowest BCUT2D eigenvalue weighted by Crippen LogP contribution is -2.34. The van der Waals surface area contributed by atoms with Crippen LogP contribution in [-0.2, 0) is 5.54 Å². The summed E-state index contributed by atoms with van der Waals surface area (Å²) in [4.78, 5) is 0.340. The number of rotatable bonds is 2. The Morgan fingerprint density at radius 2 is 1.88 bits per heavy atom. The van der Waals surface area contributed by atoms with Crippen molar-refractivity contribution in [2.75, 3.05) is 6.26 Å². The Morgan fingerprint density at radius 1 is 1.25 bits per heavy atom. The highest BCUT2D eigenvalue weighted by atomic mass is 32.2. The summed E-state index contributed by atoms with van der Waals surface area (Å²) in [6.45, 7) is 0. The first-order valence-electron chi connectivity index (χ1n) is 5.39. The molecule has 1 nitrogen and oxygen atoms in total. The minimum absolute atomic E-state index is 0.340. The Hall–Kier alpha value is -0.610. The lowest BCUT2D eigenvalue weighted by molar-refractivity contribution is 0.422. The molecule has 88 valence electrons. The van der Waals surface area contributed by atoms with Crippen molar-refractivity contribution < 1.29 is 8.78 Å². The quantitative estimate of drug-likeness (QED) is 0.805. The summed E-state index contributed by atoms with van der Waals surface area (Å²) >= 11 is 1.21. The number of benzene rings is 1. The molecular weight excluding hydrogens is 228 g/mol. The van der Waals surface area contributed by atoms with Gasteiger partial charge >= 0.3 is 0 Å². The normalized spacial score (nSPS) is 19.0. The van der Waals surface area contributed by atoms with Crippen LogP contribution in [0.25, 0.3) is 0 Å². The van der Waals surface area contributed by atoms with Crippen molar-refractivity contribution in [2.24, 2.45) is 5.73 Å². The van der Waals surface area contributed by atoms with Gasteiger partial charge in [0.2, 0.25) is 0 Å². The molecule has 1 aliphatic carbocycles. The third-order valence-corrected chi connectivity index (χ3v) is 3.99. The largest absolute Gasteiger partial charge is 0.321 e. The molecule has 2 N–H and O–H groups in total. The Balaban J connectivity index is 2.51. The molecule has 0 unspecified atom stereocenters. The fraction of sp³-hybridized carbons (Fsp3) is 0.500. The fourth-order valence-electron chi connectivity index (χ4n) is 2.35. The number of nitrogens with two attached hydrogens (primary N) is 1. The first-order chi connectivity index (χ1) is 7.57. The van der Waals surface area contributed by atoms with E-state index < -0.39 is 11.4 Å². The molecule has 0 atom stereocenters. The molecule has 2 rings (SSSR count). The molecule has 0 amide bonds. The molecule has 0 heterocycles. The summed E-state index contributed by atoms with van der Waals surface area (Å²) in [6, 6.07) is 2.47. The van der Waals surface area contributed by atoms with E-state index in [0.29, 0.717) is 10.5 Å². The van der Waals surface area contributed by atoms with Crippen LogP contribution in [0.3, 0.4) is 0 Å². The molecule has 4 heteroatoms. The van der Waals surface area contributed by atoms with Crippen LogP contribution < -0.4 is 5.73 Å². The average Bonchev–Trinajstić information content (AvgIpc) is 2.69. The second-order valence-electron chi connectivity index (χ2n) is 4.33. The van der Waals surface area contributed by atoms with Gasteiger partial charge in [0.1, 0.15) is 11.6 Å². The van der Waals surface area contributed by atoms with E-state index in [2.05, 4.69) is 0 Å². The standard InChI is InChI=1S/C12H15F2NS/c1-16-10-7-8(13)6-9(11(10)14)12(15)4-2-3-5-12/h6-7H,2-5,15H2,1H3. The first kappa shape index (κ1) is 11.9. The highest BCUT2D eigenvalue weighted by molar-refractivity contribution is 7.98. The van der Waals surface area contributed by atoms with E-state index in [1.165, 1.54) is 23.9 Å². The van der Waals surface area contributed by atoms with Crippen LogP contribution in [0.15, 0.2) is 17.0 Å². The molecule has 1 aromatic carbocycles. The third kappa shape index (κ3) is 1.96. The molecule has 1 aliphatic rings. The van der Waals surface area contributed by atoms with Gasteiger partial charge in [0.05, 0.1) is 0 Å². The molecule has 0 radical (unpaired) electrons. The zero-order chi connectivity index (χ0) is 11.8. The van der Waals surface area contributed by atoms with Crippen molar-refractivity contribution in [2.45, 2.75) is 36.1 Å². The summed E-state index contributed by atoms with van der Waals surface area (Å²) in [6.07, 6.45) is 5.18. The highest BCUT2D eigenvalue weighted by Crippen LogP contribution is 2.39. The SMILES string of the molecule is CSc1cc(F)cc(C2(N)CCCC2)c1F. The zero-order valence-corrected chi connectivity index (χ0v) is 10.0. The first-order valence-corrected chi connectivity index (χ1v) is 6.62. The van der Waals surface area contributed by atoms with E-state index in [-0.39, 0.29) is 5.82 Å². The van der Waals surface area contributed by atoms with Gasteiger partial charge in [-0.15, -0.1) is 11.8 Å². The van der Waals surface area contributed by atoms with Crippen molar-refractivity contribution in [3.05, 3.63) is 29.3 Å². The number of hydrogen-bond donors (Lipinski definition) is 1. The topological polar surface area (TPSA) is 26.0 Å². The van der Waals surface area contributed by atoms with Crippen molar-refractivity contribution in [3.63, 3.8) is 0 Å². The van der Waals surface area contributed by atoms with Crippen molar-refractivity contribution in [3.8, 4) is 0 Å². The Kier molecular flexibility index (Phi) is 3.22. The molecule has 0 aromatic heterocycles. The van der Waals surface area contributed by atoms with Gasteiger partial charge in [-0.25, -0.2) is 8.78 Å². The van der Waals surface area contributed by atoms with E-state index in [0.717, 1.165) is 25.7 Å². The van der Waals surface area contributed by atoms with Crippen LogP contribution in [0.1, 0.15) is 31.2 Å². The smallest absolute Gasteiger partial charge is 0.141 e. The number of thioether (sulfide) groups is 1. The van der Waals surface area contributed by atoms with Crippen LogP contribution in [0.2, 0.25) is 0 Å². The summed E-state index contributed by atoms with van der Waals surface area (Å²) in [5.41, 5.74) is 5.83. The maximum Gasteiger partial charge on any atom is 0.141 e. The van der Waals surface area contributed by atoms with Crippen LogP contribution in [0, 0.1) is 11.6 Å². The maximum atomic E-state index is 14.1. The lowest BCUT2D eigenvalue weighted by Gasteiger charge is -2.25. The molecule has 0 bridgehead atoms. The lowest BCUT2D eigenvalue weighted by atomic mass is 9.89. The van der Waals surface area contributed by atoms with Gasteiger partial charge in [0.25, 0.3) is 0 Å². The van der Waals surface area contributed by atoms with E-state index in [1.54, 1.807) is 6.26 Å². The summed E-state index contributed by atoms with van der Waals surface area (Å²) in [7, 11) is 0. The van der Waals surface area contributed by atoms with Gasteiger partial charge in [-0.1, -0.05) is 12.8 Å². The molecule has 0 spiro atoms. The van der Waals surface area contributed by atoms with Crippen LogP contribution >= 0.6 is 11.8 Å². The Morgan fingerprint density at radius 3 is 2.44 bits per heavy atom. The molecule has 16 heavy (non-hydrogen) atoms. The monoisotopic (exact) mass is 243 g/mol. The Bertz CT molecular complexity index is 400. The minimum atomic E-state index is -0.670. The molecule has 0 saturated heterocycles. The number of halogens is 2.